The van der Waals surface area contributed by atoms with Crippen molar-refractivity contribution in [2.24, 2.45) is 0 Å². The van der Waals surface area contributed by atoms with Crippen LogP contribution in [-0.4, -0.2) is 17.6 Å². The molecule has 0 aliphatic heterocycles. The number of rotatable bonds is 2. The minimum atomic E-state index is -0.578. The number of carbonyl (C=O) groups is 1. The first kappa shape index (κ1) is 14.8. The van der Waals surface area contributed by atoms with Crippen LogP contribution in [0.25, 0.3) is 0 Å². The van der Waals surface area contributed by atoms with E-state index in [9.17, 15) is 9.18 Å². The van der Waals surface area contributed by atoms with Crippen LogP contribution in [0.3, 0.4) is 0 Å². The highest BCUT2D eigenvalue weighted by Crippen LogP contribution is 2.18. The van der Waals surface area contributed by atoms with Gasteiger partial charge in [0.05, 0.1) is 11.3 Å². The Morgan fingerprint density at radius 1 is 1.29 bits per heavy atom. The van der Waals surface area contributed by atoms with Crippen LogP contribution in [-0.2, 0) is 0 Å². The fourth-order valence-corrected chi connectivity index (χ4v) is 1.84. The number of benzene rings is 2. The lowest BCUT2D eigenvalue weighted by Gasteiger charge is -2.09. The van der Waals surface area contributed by atoms with Gasteiger partial charge in [-0.15, -0.1) is 0 Å². The highest BCUT2D eigenvalue weighted by atomic mass is 19.1. The van der Waals surface area contributed by atoms with Gasteiger partial charge in [-0.25, -0.2) is 4.39 Å². The van der Waals surface area contributed by atoms with Crippen LogP contribution in [0.1, 0.15) is 21.5 Å². The molecule has 0 aromatic heterocycles. The Hall–Kier alpha value is -2.64. The number of carbonyl (C=O) groups excluding carboxylic acids is 1. The molecule has 2 rings (SSSR count). The molecule has 0 radical (unpaired) electrons. The summed E-state index contributed by atoms with van der Waals surface area (Å²) in [6.07, 6.45) is 0. The number of nitrogens with one attached hydrogen (secondary N) is 1. The molecule has 0 saturated heterocycles. The van der Waals surface area contributed by atoms with Gasteiger partial charge in [0.15, 0.2) is 0 Å². The highest BCUT2D eigenvalue weighted by Gasteiger charge is 2.12. The number of aryl methyl sites for hydroxylation is 1. The summed E-state index contributed by atoms with van der Waals surface area (Å²) in [7, 11) is 0. The minimum absolute atomic E-state index is 0.0277. The quantitative estimate of drug-likeness (QED) is 0.833. The predicted molar refractivity (Wildman–Crippen MR) is 79.5 cm³/mol. The van der Waals surface area contributed by atoms with E-state index in [1.165, 1.54) is 18.2 Å². The van der Waals surface area contributed by atoms with Crippen molar-refractivity contribution in [3.63, 3.8) is 0 Å². The summed E-state index contributed by atoms with van der Waals surface area (Å²) in [6, 6.07) is 11.1. The zero-order valence-corrected chi connectivity index (χ0v) is 11.5. The van der Waals surface area contributed by atoms with E-state index in [0.29, 0.717) is 11.3 Å². The number of anilines is 1. The van der Waals surface area contributed by atoms with Gasteiger partial charge in [-0.1, -0.05) is 30.0 Å². The summed E-state index contributed by atoms with van der Waals surface area (Å²) in [6.45, 7) is 1.61. The highest BCUT2D eigenvalue weighted by molar-refractivity contribution is 6.05. The molecular weight excluding hydrogens is 269 g/mol. The normalized spacial score (nSPS) is 9.67. The Balaban J connectivity index is 2.33. The predicted octanol–water partition coefficient (Wildman–Crippen LogP) is 2.73. The van der Waals surface area contributed by atoms with E-state index < -0.39 is 11.7 Å². The number of amides is 1. The van der Waals surface area contributed by atoms with Gasteiger partial charge in [0.2, 0.25) is 0 Å². The molecule has 0 bridgehead atoms. The Kier molecular flexibility index (Phi) is 4.70. The van der Waals surface area contributed by atoms with Gasteiger partial charge in [0.25, 0.3) is 5.91 Å². The van der Waals surface area contributed by atoms with Crippen molar-refractivity contribution in [1.82, 2.24) is 0 Å². The second-order valence-electron chi connectivity index (χ2n) is 4.44. The van der Waals surface area contributed by atoms with Gasteiger partial charge in [-0.05, 0) is 36.8 Å². The number of hydrogen-bond acceptors (Lipinski definition) is 2. The fraction of sp³-hybridized carbons (Fsp3) is 0.118. The van der Waals surface area contributed by atoms with Gasteiger partial charge in [-0.3, -0.25) is 4.79 Å². The molecule has 0 unspecified atom stereocenters. The van der Waals surface area contributed by atoms with Gasteiger partial charge in [0, 0.05) is 5.56 Å². The molecule has 0 spiro atoms. The van der Waals surface area contributed by atoms with Gasteiger partial charge in [-0.2, -0.15) is 0 Å². The second kappa shape index (κ2) is 6.69. The SMILES string of the molecule is Cc1ccc(C#CCO)c(NC(=O)c2ccccc2F)c1. The van der Waals surface area contributed by atoms with Crippen molar-refractivity contribution in [1.29, 1.82) is 0 Å². The first-order valence-electron chi connectivity index (χ1n) is 6.38. The van der Waals surface area contributed by atoms with E-state index in [2.05, 4.69) is 17.2 Å². The molecule has 0 atom stereocenters. The number of hydrogen-bond donors (Lipinski definition) is 2. The molecule has 2 N–H and O–H groups in total. The largest absolute Gasteiger partial charge is 0.384 e. The fourth-order valence-electron chi connectivity index (χ4n) is 1.84. The monoisotopic (exact) mass is 283 g/mol. The molecule has 0 saturated carbocycles. The van der Waals surface area contributed by atoms with Crippen LogP contribution in [0, 0.1) is 24.6 Å². The Morgan fingerprint density at radius 3 is 2.76 bits per heavy atom. The van der Waals surface area contributed by atoms with E-state index in [4.69, 9.17) is 5.11 Å². The molecule has 0 fully saturated rings. The third kappa shape index (κ3) is 3.68. The van der Waals surface area contributed by atoms with Crippen LogP contribution in [0.15, 0.2) is 42.5 Å². The maximum absolute atomic E-state index is 13.6. The first-order chi connectivity index (χ1) is 10.1. The third-order valence-corrected chi connectivity index (χ3v) is 2.84. The number of halogens is 1. The smallest absolute Gasteiger partial charge is 0.258 e. The first-order valence-corrected chi connectivity index (χ1v) is 6.38. The molecular formula is C17H14FNO2. The zero-order valence-electron chi connectivity index (χ0n) is 11.5. The maximum Gasteiger partial charge on any atom is 0.258 e. The van der Waals surface area contributed by atoms with Crippen LogP contribution in [0.4, 0.5) is 10.1 Å². The zero-order chi connectivity index (χ0) is 15.2. The van der Waals surface area contributed by atoms with Crippen molar-refractivity contribution < 1.29 is 14.3 Å². The standard InChI is InChI=1S/C17H14FNO2/c1-12-8-9-13(5-4-10-20)16(11-12)19-17(21)14-6-2-3-7-15(14)18/h2-3,6-9,11,20H,10H2,1H3,(H,19,21). The number of aliphatic hydroxyl groups excluding tert-OH is 1. The Labute approximate surface area is 122 Å². The lowest BCUT2D eigenvalue weighted by atomic mass is 10.1. The van der Waals surface area contributed by atoms with E-state index in [1.54, 1.807) is 18.2 Å². The molecule has 0 heterocycles. The van der Waals surface area contributed by atoms with Crippen LogP contribution in [0.2, 0.25) is 0 Å². The summed E-state index contributed by atoms with van der Waals surface area (Å²) in [5.41, 5.74) is 1.97. The van der Waals surface area contributed by atoms with Crippen LogP contribution >= 0.6 is 0 Å². The van der Waals surface area contributed by atoms with E-state index in [0.717, 1.165) is 5.56 Å². The maximum atomic E-state index is 13.6. The average molecular weight is 283 g/mol. The van der Waals surface area contributed by atoms with Gasteiger partial charge in [0.1, 0.15) is 12.4 Å². The van der Waals surface area contributed by atoms with E-state index in [-0.39, 0.29) is 12.2 Å². The molecule has 2 aromatic rings. The Bertz CT molecular complexity index is 729. The van der Waals surface area contributed by atoms with Crippen molar-refractivity contribution in [2.45, 2.75) is 6.92 Å². The molecule has 1 amide bonds. The molecule has 4 heteroatoms. The molecule has 0 aliphatic rings. The van der Waals surface area contributed by atoms with Crippen LogP contribution in [0.5, 0.6) is 0 Å². The molecule has 21 heavy (non-hydrogen) atoms. The molecule has 106 valence electrons. The van der Waals surface area contributed by atoms with Gasteiger partial charge < -0.3 is 10.4 Å². The van der Waals surface area contributed by atoms with Crippen molar-refractivity contribution in [3.8, 4) is 11.8 Å². The number of aliphatic hydroxyl groups is 1. The minimum Gasteiger partial charge on any atom is -0.384 e. The third-order valence-electron chi connectivity index (χ3n) is 2.84. The second-order valence-corrected chi connectivity index (χ2v) is 4.44. The van der Waals surface area contributed by atoms with Gasteiger partial charge >= 0.3 is 0 Å². The Morgan fingerprint density at radius 2 is 2.05 bits per heavy atom. The molecule has 2 aromatic carbocycles. The molecule has 0 aliphatic carbocycles. The van der Waals surface area contributed by atoms with Crippen LogP contribution < -0.4 is 5.32 Å². The lowest BCUT2D eigenvalue weighted by Crippen LogP contribution is -2.14. The topological polar surface area (TPSA) is 49.3 Å². The average Bonchev–Trinajstić information content (AvgIpc) is 2.47. The van der Waals surface area contributed by atoms with Crippen molar-refractivity contribution in [2.75, 3.05) is 11.9 Å². The summed E-state index contributed by atoms with van der Waals surface area (Å²) in [4.78, 5) is 12.1. The van der Waals surface area contributed by atoms with Crippen molar-refractivity contribution >= 4 is 11.6 Å². The lowest BCUT2D eigenvalue weighted by molar-refractivity contribution is 0.102. The van der Waals surface area contributed by atoms with E-state index >= 15 is 0 Å². The summed E-state index contributed by atoms with van der Waals surface area (Å²) >= 11 is 0. The van der Waals surface area contributed by atoms with E-state index in [1.807, 2.05) is 13.0 Å². The summed E-state index contributed by atoms with van der Waals surface area (Å²) in [5, 5.41) is 11.4. The summed E-state index contributed by atoms with van der Waals surface area (Å²) < 4.78 is 13.6. The molecule has 3 nitrogen and oxygen atoms in total. The van der Waals surface area contributed by atoms with Crippen molar-refractivity contribution in [3.05, 3.63) is 65.0 Å². The summed E-state index contributed by atoms with van der Waals surface area (Å²) in [5.74, 6) is 4.17.